The highest BCUT2D eigenvalue weighted by Gasteiger charge is 2.48. The van der Waals surface area contributed by atoms with Gasteiger partial charge in [0.15, 0.2) is 5.71 Å². The molecule has 0 bridgehead atoms. The number of nitrogens with one attached hydrogen (secondary N) is 1. The van der Waals surface area contributed by atoms with Crippen molar-refractivity contribution in [2.75, 3.05) is 71.7 Å². The van der Waals surface area contributed by atoms with Crippen LogP contribution in [0, 0.1) is 0 Å². The Kier molecular flexibility index (Phi) is 17.2. The van der Waals surface area contributed by atoms with Crippen molar-refractivity contribution in [1.82, 2.24) is 5.43 Å². The van der Waals surface area contributed by atoms with E-state index in [0.717, 1.165) is 34.2 Å². The van der Waals surface area contributed by atoms with E-state index in [1.165, 1.54) is 12.1 Å². The average Bonchev–Trinajstić information content (AvgIpc) is 3.61. The molecule has 2 atom stereocenters. The van der Waals surface area contributed by atoms with Gasteiger partial charge in [0.05, 0.1) is 61.8 Å². The van der Waals surface area contributed by atoms with Gasteiger partial charge in [-0.05, 0) is 94.3 Å². The second-order valence-corrected chi connectivity index (χ2v) is 22.4. The predicted octanol–water partition coefficient (Wildman–Crippen LogP) is 3.64. The number of anilines is 1. The molecule has 2 aliphatic rings. The number of fused-ring (bicyclic) bond motifs is 2. The van der Waals surface area contributed by atoms with Gasteiger partial charge in [0.1, 0.15) is 6.54 Å². The number of nitrogens with zero attached hydrogens (tertiary/aromatic N) is 2. The van der Waals surface area contributed by atoms with E-state index in [9.17, 15) is 38.5 Å². The summed E-state index contributed by atoms with van der Waals surface area (Å²) in [6.07, 6.45) is 8.51. The van der Waals surface area contributed by atoms with Crippen LogP contribution in [0.5, 0.6) is 0 Å². The number of methoxy groups -OCH3 is 1. The number of carbonyl (C=O) groups excluding carboxylic acids is 1. The first kappa shape index (κ1) is 51.1. The number of unbranched alkanes of at least 4 members (excludes halogenated alkanes) is 2. The van der Waals surface area contributed by atoms with Crippen molar-refractivity contribution in [2.45, 2.75) is 85.8 Å². The van der Waals surface area contributed by atoms with Crippen LogP contribution in [0.1, 0.15) is 76.3 Å². The smallest absolute Gasteiger partial charge is 0.296 e. The average molecular weight is 948 g/mol. The molecule has 18 nitrogen and oxygen atoms in total. The minimum atomic E-state index is -4.13. The summed E-state index contributed by atoms with van der Waals surface area (Å²) in [7, 11) is -10.0. The third-order valence-corrected chi connectivity index (χ3v) is 16.7. The molecule has 2 aromatic rings. The monoisotopic (exact) mass is 947 g/mol. The van der Waals surface area contributed by atoms with Gasteiger partial charge < -0.3 is 9.64 Å². The maximum absolute atomic E-state index is 13.0. The molecule has 0 aromatic heterocycles. The molecule has 62 heavy (non-hydrogen) atoms. The fourth-order valence-corrected chi connectivity index (χ4v) is 10.9. The van der Waals surface area contributed by atoms with E-state index in [0.29, 0.717) is 60.6 Å². The highest BCUT2D eigenvalue weighted by Crippen LogP contribution is 2.51. The Labute approximate surface area is 366 Å². The number of hydrogen-bond acceptors (Lipinski definition) is 16. The minimum Gasteiger partial charge on any atom is -0.383 e. The predicted molar refractivity (Wildman–Crippen MR) is 233 cm³/mol. The molecule has 0 fully saturated rings. The normalized spacial score (nSPS) is 20.1. The van der Waals surface area contributed by atoms with Crippen LogP contribution >= 0.6 is 0 Å². The second kappa shape index (κ2) is 20.9. The highest BCUT2D eigenvalue weighted by atomic mass is 32.2. The van der Waals surface area contributed by atoms with Crippen molar-refractivity contribution in [3.63, 3.8) is 0 Å². The molecule has 2 unspecified atom stereocenters. The number of nitrogens with two attached hydrogens (primary N) is 1. The number of allylic oxidation sites excluding steroid dienone is 4. The van der Waals surface area contributed by atoms with Gasteiger partial charge in [0.2, 0.25) is 11.6 Å². The van der Waals surface area contributed by atoms with Crippen molar-refractivity contribution >= 4 is 63.5 Å². The third-order valence-electron chi connectivity index (χ3n) is 11.6. The topological polar surface area (TPSA) is 244 Å². The van der Waals surface area contributed by atoms with Gasteiger partial charge in [-0.1, -0.05) is 6.08 Å². The summed E-state index contributed by atoms with van der Waals surface area (Å²) in [4.78, 5) is 13.7. The third kappa shape index (κ3) is 11.6. The SMILES string of the molecule is COCCN1/C(=C/C=C/C2=[N+](CCCCCC(=O)NN)c3ccc(S(=O)(=O)OC)cc3C2(C)CCCS(=O)(=O)OC)C(C)(CCCS(=O)(=O)OC)c2cc(S(=O)(=O)OC)ccc21. The Morgan fingerprint density at radius 3 is 1.85 bits per heavy atom. The summed E-state index contributed by atoms with van der Waals surface area (Å²) in [5.74, 6) is 4.40. The summed E-state index contributed by atoms with van der Waals surface area (Å²) in [5, 5.41) is 0. The lowest BCUT2D eigenvalue weighted by atomic mass is 9.75. The standard InChI is InChI=1S/C40H58N4O14S4/c1-39(21-12-26-59(46,47)55-4)32-28-30(61(50,51)57-6)17-19-34(32)43(23-10-8-9-16-38(45)42-41)36(39)14-11-15-37-40(2,22-13-27-60(48,49)56-5)33-29-31(62(52,53)58-7)18-20-35(33)44(37)24-25-54-3/h11,14-15,17-20,28-29H,8-10,12-13,16,21-27,41H2,1-7H3/p+1. The Morgan fingerprint density at radius 1 is 0.742 bits per heavy atom. The zero-order valence-corrected chi connectivity index (χ0v) is 39.5. The van der Waals surface area contributed by atoms with Gasteiger partial charge in [0, 0.05) is 61.0 Å². The van der Waals surface area contributed by atoms with Gasteiger partial charge in [-0.15, -0.1) is 0 Å². The molecule has 0 radical (unpaired) electrons. The van der Waals surface area contributed by atoms with Gasteiger partial charge in [-0.25, -0.2) is 5.84 Å². The maximum atomic E-state index is 13.0. The van der Waals surface area contributed by atoms with Crippen molar-refractivity contribution in [1.29, 1.82) is 0 Å². The number of benzene rings is 2. The second-order valence-electron chi connectivity index (χ2n) is 15.3. The van der Waals surface area contributed by atoms with Crippen LogP contribution in [0.15, 0.2) is 70.1 Å². The van der Waals surface area contributed by atoms with Gasteiger partial charge in [-0.3, -0.25) is 27.0 Å². The lowest BCUT2D eigenvalue weighted by Crippen LogP contribution is -2.32. The maximum Gasteiger partial charge on any atom is 0.296 e. The first-order valence-corrected chi connectivity index (χ1v) is 25.8. The number of hydrazine groups is 1. The summed E-state index contributed by atoms with van der Waals surface area (Å²) in [5.41, 5.74) is 4.32. The molecule has 0 saturated heterocycles. The van der Waals surface area contributed by atoms with Crippen LogP contribution < -0.4 is 16.2 Å². The van der Waals surface area contributed by atoms with E-state index in [1.807, 2.05) is 37.0 Å². The first-order chi connectivity index (χ1) is 29.1. The van der Waals surface area contributed by atoms with E-state index in [-0.39, 0.29) is 65.9 Å². The summed E-state index contributed by atoms with van der Waals surface area (Å²) in [6, 6.07) is 9.38. The van der Waals surface area contributed by atoms with E-state index in [2.05, 4.69) is 10.0 Å². The zero-order chi connectivity index (χ0) is 46.1. The molecule has 22 heteroatoms. The Morgan fingerprint density at radius 2 is 1.31 bits per heavy atom. The molecule has 0 saturated carbocycles. The van der Waals surface area contributed by atoms with Crippen LogP contribution in [0.3, 0.4) is 0 Å². The summed E-state index contributed by atoms with van der Waals surface area (Å²) < 4.78 is 128. The van der Waals surface area contributed by atoms with Crippen molar-refractivity contribution in [2.24, 2.45) is 5.84 Å². The molecule has 3 N–H and O–H groups in total. The summed E-state index contributed by atoms with van der Waals surface area (Å²) in [6.45, 7) is 4.92. The Bertz CT molecular complexity index is 2510. The fraction of sp³-hybridized carbons (Fsp3) is 0.550. The van der Waals surface area contributed by atoms with Crippen molar-refractivity contribution in [3.05, 3.63) is 71.5 Å². The van der Waals surface area contributed by atoms with E-state index in [1.54, 1.807) is 31.4 Å². The van der Waals surface area contributed by atoms with Gasteiger partial charge >= 0.3 is 0 Å². The molecular formula is C40H59N4O14S4+. The van der Waals surface area contributed by atoms with Crippen LogP contribution in [-0.4, -0.2) is 117 Å². The van der Waals surface area contributed by atoms with Crippen LogP contribution in [0.25, 0.3) is 0 Å². The van der Waals surface area contributed by atoms with Crippen LogP contribution in [-0.2, 0) is 77.6 Å². The van der Waals surface area contributed by atoms with E-state index < -0.39 is 51.3 Å². The highest BCUT2D eigenvalue weighted by molar-refractivity contribution is 7.87. The van der Waals surface area contributed by atoms with Crippen LogP contribution in [0.4, 0.5) is 11.4 Å². The lowest BCUT2D eigenvalue weighted by molar-refractivity contribution is -0.438. The molecule has 346 valence electrons. The molecule has 2 aromatic carbocycles. The largest absolute Gasteiger partial charge is 0.383 e. The lowest BCUT2D eigenvalue weighted by Gasteiger charge is -2.30. The van der Waals surface area contributed by atoms with Gasteiger partial charge in [-0.2, -0.15) is 38.2 Å². The van der Waals surface area contributed by atoms with Crippen molar-refractivity contribution in [3.8, 4) is 0 Å². The molecule has 2 heterocycles. The molecular weight excluding hydrogens is 889 g/mol. The fourth-order valence-electron chi connectivity index (χ4n) is 8.16. The van der Waals surface area contributed by atoms with Crippen molar-refractivity contribution < 1.29 is 64.5 Å². The Balaban J connectivity index is 1.95. The summed E-state index contributed by atoms with van der Waals surface area (Å²) >= 11 is 0. The molecule has 0 spiro atoms. The number of carbonyl (C=O) groups is 1. The molecule has 4 rings (SSSR count). The first-order valence-electron chi connectivity index (χ1n) is 19.9. The minimum absolute atomic E-state index is 0.0716. The van der Waals surface area contributed by atoms with E-state index in [4.69, 9.17) is 27.3 Å². The van der Waals surface area contributed by atoms with Gasteiger partial charge in [0.25, 0.3) is 40.5 Å². The number of rotatable bonds is 25. The Hall–Kier alpha value is -3.58. The number of hydrogen-bond donors (Lipinski definition) is 2. The quantitative estimate of drug-likeness (QED) is 0.0360. The zero-order valence-electron chi connectivity index (χ0n) is 36.2. The molecule has 0 aliphatic carbocycles. The molecule has 2 aliphatic heterocycles. The number of ether oxygens (including phenoxy) is 1. The van der Waals surface area contributed by atoms with E-state index >= 15 is 0 Å². The molecule has 1 amide bonds. The van der Waals surface area contributed by atoms with Crippen LogP contribution in [0.2, 0.25) is 0 Å². The number of amides is 1.